The summed E-state index contributed by atoms with van der Waals surface area (Å²) in [6.07, 6.45) is 1.75. The molecule has 0 aliphatic heterocycles. The molecule has 0 saturated carbocycles. The fraction of sp³-hybridized carbons (Fsp3) is 0.111. The Hall–Kier alpha value is -1.22. The summed E-state index contributed by atoms with van der Waals surface area (Å²) in [6, 6.07) is 5.97. The van der Waals surface area contributed by atoms with Crippen LogP contribution in [0.3, 0.4) is 0 Å². The van der Waals surface area contributed by atoms with Gasteiger partial charge in [-0.1, -0.05) is 12.2 Å². The highest BCUT2D eigenvalue weighted by Crippen LogP contribution is 2.10. The van der Waals surface area contributed by atoms with Crippen LogP contribution in [0.1, 0.15) is 5.56 Å². The van der Waals surface area contributed by atoms with Crippen LogP contribution in [0.15, 0.2) is 24.4 Å². The summed E-state index contributed by atoms with van der Waals surface area (Å²) in [4.78, 5) is 7.22. The highest BCUT2D eigenvalue weighted by atomic mass is 32.1. The average molecular weight is 176 g/mol. The van der Waals surface area contributed by atoms with Crippen LogP contribution in [0.2, 0.25) is 0 Å². The van der Waals surface area contributed by atoms with Gasteiger partial charge in [-0.2, -0.15) is 0 Å². The molecule has 0 spiro atoms. The fourth-order valence-electron chi connectivity index (χ4n) is 1.14. The van der Waals surface area contributed by atoms with Gasteiger partial charge in [0.05, 0.1) is 0 Å². The minimum Gasteiger partial charge on any atom is -0.331 e. The van der Waals surface area contributed by atoms with E-state index < -0.39 is 0 Å². The molecular formula is C9H8N2S. The molecule has 12 heavy (non-hydrogen) atoms. The number of H-pyrrole nitrogens is 1. The van der Waals surface area contributed by atoms with E-state index in [4.69, 9.17) is 12.2 Å². The topological polar surface area (TPSA) is 28.7 Å². The Morgan fingerprint density at radius 1 is 1.50 bits per heavy atom. The van der Waals surface area contributed by atoms with Crippen LogP contribution in [0.4, 0.5) is 0 Å². The zero-order valence-corrected chi connectivity index (χ0v) is 7.48. The van der Waals surface area contributed by atoms with Crippen molar-refractivity contribution < 1.29 is 0 Å². The lowest BCUT2D eigenvalue weighted by Crippen LogP contribution is -1.85. The molecule has 0 atom stereocenters. The standard InChI is InChI=1S/C9H8N2S/c1-6-5-7-3-2-4-10-8(7)11-9(6)12/h2-5H,1H3,(H,10,11,12). The number of aryl methyl sites for hydroxylation is 1. The second-order valence-electron chi connectivity index (χ2n) is 2.72. The molecule has 0 aliphatic rings. The number of aromatic nitrogens is 2. The van der Waals surface area contributed by atoms with Crippen molar-refractivity contribution in [1.82, 2.24) is 9.97 Å². The van der Waals surface area contributed by atoms with E-state index in [2.05, 4.69) is 9.97 Å². The molecule has 0 bridgehead atoms. The van der Waals surface area contributed by atoms with Crippen LogP contribution in [0, 0.1) is 11.6 Å². The van der Waals surface area contributed by atoms with E-state index in [0.29, 0.717) is 0 Å². The summed E-state index contributed by atoms with van der Waals surface area (Å²) < 4.78 is 0.765. The van der Waals surface area contributed by atoms with Crippen LogP contribution in [-0.2, 0) is 0 Å². The molecule has 0 radical (unpaired) electrons. The summed E-state index contributed by atoms with van der Waals surface area (Å²) in [7, 11) is 0. The first-order valence-corrected chi connectivity index (χ1v) is 4.13. The molecule has 60 valence electrons. The van der Waals surface area contributed by atoms with E-state index in [9.17, 15) is 0 Å². The second-order valence-corrected chi connectivity index (χ2v) is 3.13. The van der Waals surface area contributed by atoms with Crippen molar-refractivity contribution in [3.8, 4) is 0 Å². The van der Waals surface area contributed by atoms with E-state index in [1.54, 1.807) is 6.20 Å². The van der Waals surface area contributed by atoms with Gasteiger partial charge in [-0.3, -0.25) is 0 Å². The first-order valence-electron chi connectivity index (χ1n) is 3.72. The third-order valence-electron chi connectivity index (χ3n) is 1.80. The number of nitrogens with one attached hydrogen (secondary N) is 1. The summed E-state index contributed by atoms with van der Waals surface area (Å²) in [6.45, 7) is 1.99. The third kappa shape index (κ3) is 1.12. The van der Waals surface area contributed by atoms with Crippen LogP contribution >= 0.6 is 12.2 Å². The Labute approximate surface area is 75.3 Å². The highest BCUT2D eigenvalue weighted by Gasteiger charge is 1.94. The molecule has 3 heteroatoms. The van der Waals surface area contributed by atoms with Crippen LogP contribution < -0.4 is 0 Å². The Kier molecular flexibility index (Phi) is 1.66. The molecule has 1 N–H and O–H groups in total. The number of pyridine rings is 2. The first kappa shape index (κ1) is 7.43. The molecule has 0 amide bonds. The van der Waals surface area contributed by atoms with Crippen molar-refractivity contribution in [3.05, 3.63) is 34.6 Å². The van der Waals surface area contributed by atoms with Gasteiger partial charge in [0.1, 0.15) is 10.3 Å². The monoisotopic (exact) mass is 176 g/mol. The van der Waals surface area contributed by atoms with E-state index in [1.165, 1.54) is 0 Å². The van der Waals surface area contributed by atoms with Gasteiger partial charge in [-0.05, 0) is 30.7 Å². The SMILES string of the molecule is Cc1cc2cccnc2[nH]c1=S. The Bertz CT molecular complexity index is 473. The molecule has 0 fully saturated rings. The number of aromatic amines is 1. The number of nitrogens with zero attached hydrogens (tertiary/aromatic N) is 1. The van der Waals surface area contributed by atoms with E-state index in [1.807, 2.05) is 25.1 Å². The molecule has 0 unspecified atom stereocenters. The van der Waals surface area contributed by atoms with Crippen molar-refractivity contribution >= 4 is 23.3 Å². The maximum absolute atomic E-state index is 5.09. The van der Waals surface area contributed by atoms with Gasteiger partial charge in [-0.25, -0.2) is 4.98 Å². The predicted molar refractivity (Wildman–Crippen MR) is 51.7 cm³/mol. The van der Waals surface area contributed by atoms with Gasteiger partial charge < -0.3 is 4.98 Å². The van der Waals surface area contributed by atoms with Crippen LogP contribution in [0.5, 0.6) is 0 Å². The van der Waals surface area contributed by atoms with Crippen molar-refractivity contribution in [2.45, 2.75) is 6.92 Å². The Morgan fingerprint density at radius 3 is 3.17 bits per heavy atom. The summed E-state index contributed by atoms with van der Waals surface area (Å²) in [5, 5.41) is 1.10. The summed E-state index contributed by atoms with van der Waals surface area (Å²) in [5.41, 5.74) is 1.94. The maximum atomic E-state index is 5.09. The zero-order valence-electron chi connectivity index (χ0n) is 6.66. The van der Waals surface area contributed by atoms with E-state index in [0.717, 1.165) is 21.2 Å². The normalized spacial score (nSPS) is 10.4. The molecule has 0 saturated heterocycles. The van der Waals surface area contributed by atoms with Gasteiger partial charge in [0.15, 0.2) is 0 Å². The number of fused-ring (bicyclic) bond motifs is 1. The molecular weight excluding hydrogens is 168 g/mol. The van der Waals surface area contributed by atoms with Crippen molar-refractivity contribution in [2.24, 2.45) is 0 Å². The molecule has 2 aromatic heterocycles. The van der Waals surface area contributed by atoms with Gasteiger partial charge in [0.25, 0.3) is 0 Å². The molecule has 2 heterocycles. The zero-order chi connectivity index (χ0) is 8.55. The minimum atomic E-state index is 0.765. The van der Waals surface area contributed by atoms with Crippen LogP contribution in [-0.4, -0.2) is 9.97 Å². The average Bonchev–Trinajstić information content (AvgIpc) is 2.07. The molecule has 0 aliphatic carbocycles. The van der Waals surface area contributed by atoms with Gasteiger partial charge >= 0.3 is 0 Å². The molecule has 2 nitrogen and oxygen atoms in total. The van der Waals surface area contributed by atoms with E-state index in [-0.39, 0.29) is 0 Å². The van der Waals surface area contributed by atoms with Gasteiger partial charge in [-0.15, -0.1) is 0 Å². The fourth-order valence-corrected chi connectivity index (χ4v) is 1.30. The number of hydrogen-bond donors (Lipinski definition) is 1. The van der Waals surface area contributed by atoms with Crippen molar-refractivity contribution in [2.75, 3.05) is 0 Å². The summed E-state index contributed by atoms with van der Waals surface area (Å²) in [5.74, 6) is 0. The molecule has 0 aromatic carbocycles. The van der Waals surface area contributed by atoms with Gasteiger partial charge in [0.2, 0.25) is 0 Å². The van der Waals surface area contributed by atoms with Crippen molar-refractivity contribution in [3.63, 3.8) is 0 Å². The number of rotatable bonds is 0. The largest absolute Gasteiger partial charge is 0.331 e. The summed E-state index contributed by atoms with van der Waals surface area (Å²) >= 11 is 5.09. The quantitative estimate of drug-likeness (QED) is 0.625. The van der Waals surface area contributed by atoms with E-state index >= 15 is 0 Å². The second kappa shape index (κ2) is 2.68. The lowest BCUT2D eigenvalue weighted by Gasteiger charge is -1.97. The molecule has 2 aromatic rings. The van der Waals surface area contributed by atoms with Crippen molar-refractivity contribution in [1.29, 1.82) is 0 Å². The lowest BCUT2D eigenvalue weighted by molar-refractivity contribution is 1.23. The van der Waals surface area contributed by atoms with Gasteiger partial charge in [0, 0.05) is 11.6 Å². The Morgan fingerprint density at radius 2 is 2.33 bits per heavy atom. The number of hydrogen-bond acceptors (Lipinski definition) is 2. The smallest absolute Gasteiger partial charge is 0.138 e. The predicted octanol–water partition coefficient (Wildman–Crippen LogP) is 2.60. The Balaban J connectivity index is 2.93. The van der Waals surface area contributed by atoms with Crippen LogP contribution in [0.25, 0.3) is 11.0 Å². The lowest BCUT2D eigenvalue weighted by atomic mass is 10.2. The maximum Gasteiger partial charge on any atom is 0.138 e. The minimum absolute atomic E-state index is 0.765. The third-order valence-corrected chi connectivity index (χ3v) is 2.23. The first-order chi connectivity index (χ1) is 5.77. The highest BCUT2D eigenvalue weighted by molar-refractivity contribution is 7.71. The molecule has 2 rings (SSSR count).